The molecule has 1 aromatic heterocycles. The quantitative estimate of drug-likeness (QED) is 0.684. The molecule has 2 nitrogen and oxygen atoms in total. The first-order valence-electron chi connectivity index (χ1n) is 6.17. The molecule has 0 unspecified atom stereocenters. The van der Waals surface area contributed by atoms with Gasteiger partial charge in [-0.25, -0.2) is 4.98 Å². The van der Waals surface area contributed by atoms with Gasteiger partial charge in [0, 0.05) is 23.7 Å². The number of thiol groups is 1. The highest BCUT2D eigenvalue weighted by molar-refractivity contribution is 7.79. The predicted molar refractivity (Wildman–Crippen MR) is 82.1 cm³/mol. The Hall–Kier alpha value is -2.00. The van der Waals surface area contributed by atoms with Crippen molar-refractivity contribution in [3.05, 3.63) is 66.5 Å². The van der Waals surface area contributed by atoms with Crippen LogP contribution in [0.5, 0.6) is 0 Å². The van der Waals surface area contributed by atoms with E-state index in [-0.39, 0.29) is 0 Å². The Labute approximate surface area is 117 Å². The maximum absolute atomic E-state index is 4.37. The van der Waals surface area contributed by atoms with Gasteiger partial charge in [0.2, 0.25) is 0 Å². The molecule has 1 N–H and O–H groups in total. The Morgan fingerprint density at radius 3 is 2.53 bits per heavy atom. The minimum Gasteiger partial charge on any atom is -0.345 e. The Morgan fingerprint density at radius 1 is 1.00 bits per heavy atom. The second-order valence-corrected chi connectivity index (χ2v) is 4.66. The maximum atomic E-state index is 4.37. The fourth-order valence-electron chi connectivity index (χ4n) is 2.17. The van der Waals surface area contributed by atoms with E-state index in [0.29, 0.717) is 0 Å². The fraction of sp³-hybridized carbons (Fsp3) is 0.0625. The normalized spacial score (nSPS) is 10.6. The fourth-order valence-corrected chi connectivity index (χ4v) is 2.36. The molecule has 3 rings (SSSR count). The number of aromatic nitrogens is 2. The summed E-state index contributed by atoms with van der Waals surface area (Å²) in [7, 11) is 0. The van der Waals surface area contributed by atoms with Crippen LogP contribution in [0, 0.1) is 0 Å². The Kier molecular flexibility index (Phi) is 3.38. The van der Waals surface area contributed by atoms with Crippen LogP contribution in [0.15, 0.2) is 60.9 Å². The third-order valence-electron chi connectivity index (χ3n) is 3.10. The summed E-state index contributed by atoms with van der Waals surface area (Å²) in [6, 6.07) is 16.7. The van der Waals surface area contributed by atoms with E-state index < -0.39 is 0 Å². The molecule has 0 bridgehead atoms. The summed E-state index contributed by atoms with van der Waals surface area (Å²) in [6.07, 6.45) is 3.62. The molecule has 0 aliphatic heterocycles. The van der Waals surface area contributed by atoms with Gasteiger partial charge in [-0.1, -0.05) is 42.5 Å². The first kappa shape index (κ1) is 12.1. The van der Waals surface area contributed by atoms with E-state index >= 15 is 0 Å². The zero-order chi connectivity index (χ0) is 13.1. The molecule has 0 fully saturated rings. The molecule has 94 valence electrons. The second-order valence-electron chi connectivity index (χ2n) is 4.34. The summed E-state index contributed by atoms with van der Waals surface area (Å²) in [6.45, 7) is 0. The largest absolute Gasteiger partial charge is 0.345 e. The van der Waals surface area contributed by atoms with Crippen LogP contribution in [0.2, 0.25) is 0 Å². The molecule has 0 aliphatic rings. The van der Waals surface area contributed by atoms with E-state index in [9.17, 15) is 0 Å². The molecule has 0 aliphatic carbocycles. The van der Waals surface area contributed by atoms with Crippen LogP contribution in [0.25, 0.3) is 22.5 Å². The van der Waals surface area contributed by atoms with Gasteiger partial charge in [0.25, 0.3) is 0 Å². The van der Waals surface area contributed by atoms with E-state index in [1.165, 1.54) is 16.7 Å². The van der Waals surface area contributed by atoms with Crippen molar-refractivity contribution in [3.63, 3.8) is 0 Å². The summed E-state index contributed by atoms with van der Waals surface area (Å²) in [5.41, 5.74) is 4.68. The van der Waals surface area contributed by atoms with Crippen molar-refractivity contribution in [1.82, 2.24) is 9.97 Å². The topological polar surface area (TPSA) is 28.7 Å². The van der Waals surface area contributed by atoms with Crippen molar-refractivity contribution in [2.75, 3.05) is 0 Å². The molecule has 2 aromatic carbocycles. The molecule has 0 saturated carbocycles. The van der Waals surface area contributed by atoms with Gasteiger partial charge in [-0.05, 0) is 22.8 Å². The second kappa shape index (κ2) is 5.33. The Bertz CT molecular complexity index is 660. The number of nitrogens with zero attached hydrogens (tertiary/aromatic N) is 1. The Balaban J connectivity index is 2.19. The van der Waals surface area contributed by atoms with Gasteiger partial charge in [-0.2, -0.15) is 12.6 Å². The number of benzene rings is 2. The lowest BCUT2D eigenvalue weighted by molar-refractivity contribution is 1.30. The van der Waals surface area contributed by atoms with E-state index in [2.05, 4.69) is 52.9 Å². The minimum atomic E-state index is 0.725. The van der Waals surface area contributed by atoms with Gasteiger partial charge in [0.1, 0.15) is 5.82 Å². The molecular formula is C16H14N2S. The molecule has 3 aromatic rings. The monoisotopic (exact) mass is 266 g/mol. The predicted octanol–water partition coefficient (Wildman–Crippen LogP) is 4.17. The zero-order valence-corrected chi connectivity index (χ0v) is 11.3. The lowest BCUT2D eigenvalue weighted by atomic mass is 9.97. The first-order chi connectivity index (χ1) is 9.38. The van der Waals surface area contributed by atoms with E-state index in [1.54, 1.807) is 6.20 Å². The number of imidazole rings is 1. The van der Waals surface area contributed by atoms with Crippen LogP contribution in [-0.2, 0) is 5.75 Å². The zero-order valence-electron chi connectivity index (χ0n) is 10.4. The highest BCUT2D eigenvalue weighted by atomic mass is 32.1. The molecule has 0 atom stereocenters. The number of hydrogen-bond donors (Lipinski definition) is 2. The smallest absolute Gasteiger partial charge is 0.137 e. The molecule has 1 heterocycles. The first-order valence-corrected chi connectivity index (χ1v) is 6.80. The van der Waals surface area contributed by atoms with E-state index in [1.807, 2.05) is 24.4 Å². The van der Waals surface area contributed by atoms with Crippen molar-refractivity contribution in [2.24, 2.45) is 0 Å². The van der Waals surface area contributed by atoms with Crippen LogP contribution in [0.4, 0.5) is 0 Å². The van der Waals surface area contributed by atoms with Crippen molar-refractivity contribution >= 4 is 12.6 Å². The summed E-state index contributed by atoms with van der Waals surface area (Å²) < 4.78 is 0. The third kappa shape index (κ3) is 2.42. The van der Waals surface area contributed by atoms with E-state index in [4.69, 9.17) is 0 Å². The molecular weight excluding hydrogens is 252 g/mol. The standard InChI is InChI=1S/C16H14N2S/c19-11-12-6-7-14(13-4-2-1-3-5-13)15(10-12)16-17-8-9-18-16/h1-10,19H,11H2,(H,17,18). The van der Waals surface area contributed by atoms with Crippen LogP contribution < -0.4 is 0 Å². The highest BCUT2D eigenvalue weighted by Gasteiger charge is 2.09. The average Bonchev–Trinajstić information content (AvgIpc) is 3.01. The molecule has 0 saturated heterocycles. The van der Waals surface area contributed by atoms with E-state index in [0.717, 1.165) is 17.1 Å². The van der Waals surface area contributed by atoms with Crippen LogP contribution in [0.1, 0.15) is 5.56 Å². The maximum Gasteiger partial charge on any atom is 0.137 e. The Morgan fingerprint density at radius 2 is 1.84 bits per heavy atom. The molecule has 0 spiro atoms. The van der Waals surface area contributed by atoms with Crippen LogP contribution in [0.3, 0.4) is 0 Å². The third-order valence-corrected chi connectivity index (χ3v) is 3.47. The van der Waals surface area contributed by atoms with Gasteiger partial charge >= 0.3 is 0 Å². The molecule has 0 amide bonds. The van der Waals surface area contributed by atoms with Crippen molar-refractivity contribution in [3.8, 4) is 22.5 Å². The lowest BCUT2D eigenvalue weighted by Crippen LogP contribution is -1.89. The number of H-pyrrole nitrogens is 1. The number of aromatic amines is 1. The summed E-state index contributed by atoms with van der Waals surface area (Å²) in [5, 5.41) is 0. The number of nitrogens with one attached hydrogen (secondary N) is 1. The van der Waals surface area contributed by atoms with Gasteiger partial charge in [-0.15, -0.1) is 0 Å². The summed E-state index contributed by atoms with van der Waals surface area (Å²) in [4.78, 5) is 7.55. The SMILES string of the molecule is SCc1ccc(-c2ccccc2)c(-c2ncc[nH]2)c1. The van der Waals surface area contributed by atoms with Gasteiger partial charge in [-0.3, -0.25) is 0 Å². The molecule has 0 radical (unpaired) electrons. The highest BCUT2D eigenvalue weighted by Crippen LogP contribution is 2.31. The average molecular weight is 266 g/mol. The van der Waals surface area contributed by atoms with Gasteiger partial charge in [0.05, 0.1) is 0 Å². The molecule has 19 heavy (non-hydrogen) atoms. The lowest BCUT2D eigenvalue weighted by Gasteiger charge is -2.09. The van der Waals surface area contributed by atoms with Gasteiger partial charge < -0.3 is 4.98 Å². The summed E-state index contributed by atoms with van der Waals surface area (Å²) in [5.74, 6) is 1.62. The van der Waals surface area contributed by atoms with Crippen LogP contribution >= 0.6 is 12.6 Å². The van der Waals surface area contributed by atoms with Crippen molar-refractivity contribution in [2.45, 2.75) is 5.75 Å². The number of hydrogen-bond acceptors (Lipinski definition) is 2. The van der Waals surface area contributed by atoms with Crippen molar-refractivity contribution < 1.29 is 0 Å². The van der Waals surface area contributed by atoms with Crippen molar-refractivity contribution in [1.29, 1.82) is 0 Å². The summed E-state index contributed by atoms with van der Waals surface area (Å²) >= 11 is 4.35. The molecule has 3 heteroatoms. The number of rotatable bonds is 3. The van der Waals surface area contributed by atoms with Gasteiger partial charge in [0.15, 0.2) is 0 Å². The van der Waals surface area contributed by atoms with Crippen LogP contribution in [-0.4, -0.2) is 9.97 Å². The minimum absolute atomic E-state index is 0.725.